The topological polar surface area (TPSA) is 132 Å². The molecular weight excluding hydrogens is 584 g/mol. The van der Waals surface area contributed by atoms with Gasteiger partial charge in [0.2, 0.25) is 0 Å². The molecule has 0 aliphatic rings. The summed E-state index contributed by atoms with van der Waals surface area (Å²) in [5.41, 5.74) is 2.00. The van der Waals surface area contributed by atoms with E-state index in [2.05, 4.69) is 0 Å². The molecule has 0 bridgehead atoms. The van der Waals surface area contributed by atoms with Gasteiger partial charge >= 0.3 is 29.8 Å². The summed E-state index contributed by atoms with van der Waals surface area (Å²) < 4.78 is 26.9. The quantitative estimate of drug-likeness (QED) is 0.149. The maximum absolute atomic E-state index is 12.5. The molecule has 0 saturated heterocycles. The van der Waals surface area contributed by atoms with Crippen molar-refractivity contribution in [3.05, 3.63) is 71.8 Å². The largest absolute Gasteiger partial charge is 0.462 e. The summed E-state index contributed by atoms with van der Waals surface area (Å²) in [6.07, 6.45) is -5.49. The van der Waals surface area contributed by atoms with Crippen molar-refractivity contribution < 1.29 is 47.7 Å². The van der Waals surface area contributed by atoms with Crippen LogP contribution in [0.3, 0.4) is 0 Å². The van der Waals surface area contributed by atoms with Crippen LogP contribution in [0, 0.1) is 0 Å². The third-order valence-corrected chi connectivity index (χ3v) is 8.48. The standard InChI is InChI=1S/C30H36O10S2/c1-19(31)36-16-26(37-20(2)32)27(38-21(3)33)28(39-22(4)34)29(40-23(5)35)30(41-17-24-12-8-6-9-13-24)42-18-25-14-10-7-11-15-25/h6-15,26-30H,16-18H2,1-5H3. The highest BCUT2D eigenvalue weighted by Crippen LogP contribution is 2.37. The van der Waals surface area contributed by atoms with Gasteiger partial charge in [-0.1, -0.05) is 60.7 Å². The summed E-state index contributed by atoms with van der Waals surface area (Å²) in [7, 11) is 0. The van der Waals surface area contributed by atoms with Crippen molar-refractivity contribution >= 4 is 53.4 Å². The van der Waals surface area contributed by atoms with Crippen LogP contribution in [-0.2, 0) is 59.2 Å². The Morgan fingerprint density at radius 3 is 1.36 bits per heavy atom. The van der Waals surface area contributed by atoms with Crippen LogP contribution in [0.2, 0.25) is 0 Å². The van der Waals surface area contributed by atoms with Crippen LogP contribution >= 0.6 is 23.5 Å². The van der Waals surface area contributed by atoms with Gasteiger partial charge in [0.25, 0.3) is 0 Å². The smallest absolute Gasteiger partial charge is 0.303 e. The van der Waals surface area contributed by atoms with E-state index in [-0.39, 0.29) is 0 Å². The number of hydrogen-bond acceptors (Lipinski definition) is 12. The Bertz CT molecular complexity index is 1130. The Labute approximate surface area is 254 Å². The zero-order valence-corrected chi connectivity index (χ0v) is 25.8. The predicted molar refractivity (Wildman–Crippen MR) is 158 cm³/mol. The van der Waals surface area contributed by atoms with Gasteiger partial charge in [-0.25, -0.2) is 0 Å². The van der Waals surface area contributed by atoms with E-state index < -0.39 is 65.5 Å². The summed E-state index contributed by atoms with van der Waals surface area (Å²) in [5, 5.41) is 0. The molecular formula is C30H36O10S2. The number of benzene rings is 2. The first-order valence-electron chi connectivity index (χ1n) is 13.1. The number of rotatable bonds is 16. The summed E-state index contributed by atoms with van der Waals surface area (Å²) >= 11 is 2.88. The summed E-state index contributed by atoms with van der Waals surface area (Å²) in [6.45, 7) is 5.27. The third-order valence-electron chi connectivity index (χ3n) is 5.47. The Morgan fingerprint density at radius 2 is 0.952 bits per heavy atom. The number of hydrogen-bond donors (Lipinski definition) is 0. The highest BCUT2D eigenvalue weighted by atomic mass is 32.2. The summed E-state index contributed by atoms with van der Waals surface area (Å²) in [6, 6.07) is 19.2. The van der Waals surface area contributed by atoms with Crippen molar-refractivity contribution in [2.45, 2.75) is 75.1 Å². The minimum Gasteiger partial charge on any atom is -0.462 e. The molecule has 0 aromatic heterocycles. The molecule has 42 heavy (non-hydrogen) atoms. The van der Waals surface area contributed by atoms with E-state index in [1.54, 1.807) is 0 Å². The van der Waals surface area contributed by atoms with Crippen LogP contribution in [0.25, 0.3) is 0 Å². The van der Waals surface area contributed by atoms with E-state index >= 15 is 0 Å². The second-order valence-electron chi connectivity index (χ2n) is 9.13. The Hall–Kier alpha value is -3.51. The molecule has 0 radical (unpaired) electrons. The van der Waals surface area contributed by atoms with Crippen molar-refractivity contribution in [2.75, 3.05) is 6.61 Å². The van der Waals surface area contributed by atoms with Gasteiger partial charge in [-0.2, -0.15) is 0 Å². The van der Waals surface area contributed by atoms with Crippen molar-refractivity contribution in [1.29, 1.82) is 0 Å². The molecule has 0 saturated carbocycles. The van der Waals surface area contributed by atoms with E-state index in [0.717, 1.165) is 38.8 Å². The molecule has 0 amide bonds. The zero-order chi connectivity index (χ0) is 31.1. The van der Waals surface area contributed by atoms with Crippen LogP contribution in [0.1, 0.15) is 45.7 Å². The lowest BCUT2D eigenvalue weighted by Crippen LogP contribution is -2.55. The van der Waals surface area contributed by atoms with Crippen LogP contribution in [0.15, 0.2) is 60.7 Å². The molecule has 0 heterocycles. The van der Waals surface area contributed by atoms with Gasteiger partial charge in [-0.15, -0.1) is 23.5 Å². The predicted octanol–water partition coefficient (Wildman–Crippen LogP) is 4.47. The molecule has 0 aliphatic carbocycles. The Balaban J connectivity index is 2.60. The molecule has 2 aromatic carbocycles. The first kappa shape index (κ1) is 34.7. The first-order valence-corrected chi connectivity index (χ1v) is 15.2. The molecule has 0 spiro atoms. The molecule has 4 atom stereocenters. The number of thioether (sulfide) groups is 2. The lowest BCUT2D eigenvalue weighted by atomic mass is 10.0. The van der Waals surface area contributed by atoms with Crippen molar-refractivity contribution in [3.8, 4) is 0 Å². The average molecular weight is 621 g/mol. The van der Waals surface area contributed by atoms with Gasteiger partial charge in [-0.3, -0.25) is 24.0 Å². The number of carbonyl (C=O) groups is 5. The molecule has 0 fully saturated rings. The first-order chi connectivity index (χ1) is 20.0. The van der Waals surface area contributed by atoms with Crippen molar-refractivity contribution in [1.82, 2.24) is 0 Å². The van der Waals surface area contributed by atoms with E-state index in [9.17, 15) is 24.0 Å². The van der Waals surface area contributed by atoms with E-state index in [1.165, 1.54) is 30.4 Å². The van der Waals surface area contributed by atoms with Crippen LogP contribution in [0.4, 0.5) is 0 Å². The highest BCUT2D eigenvalue weighted by molar-refractivity contribution is 8.16. The second-order valence-corrected chi connectivity index (χ2v) is 11.7. The number of ether oxygens (including phenoxy) is 5. The molecule has 4 unspecified atom stereocenters. The molecule has 0 N–H and O–H groups in total. The fourth-order valence-electron chi connectivity index (χ4n) is 3.88. The number of carbonyl (C=O) groups excluding carboxylic acids is 5. The van der Waals surface area contributed by atoms with Crippen LogP contribution < -0.4 is 0 Å². The molecule has 0 aliphatic heterocycles. The van der Waals surface area contributed by atoms with Gasteiger partial charge < -0.3 is 23.7 Å². The summed E-state index contributed by atoms with van der Waals surface area (Å²) in [5.74, 6) is -2.64. The van der Waals surface area contributed by atoms with Crippen LogP contribution in [-0.4, -0.2) is 65.5 Å². The van der Waals surface area contributed by atoms with E-state index in [1.807, 2.05) is 60.7 Å². The SMILES string of the molecule is CC(=O)OCC(OC(C)=O)C(OC(C)=O)C(OC(C)=O)C(OC(C)=O)C(SCc1ccccc1)SCc1ccccc1. The minimum absolute atomic E-state index is 0.504. The Kier molecular flexibility index (Phi) is 15.0. The molecule has 10 nitrogen and oxygen atoms in total. The normalized spacial score (nSPS) is 13.7. The molecule has 228 valence electrons. The molecule has 2 aromatic rings. The fraction of sp³-hybridized carbons (Fsp3) is 0.433. The summed E-state index contributed by atoms with van der Waals surface area (Å²) in [4.78, 5) is 60.8. The second kappa shape index (κ2) is 18.1. The lowest BCUT2D eigenvalue weighted by Gasteiger charge is -2.38. The number of esters is 5. The van der Waals surface area contributed by atoms with Crippen molar-refractivity contribution in [2.24, 2.45) is 0 Å². The van der Waals surface area contributed by atoms with E-state index in [0.29, 0.717) is 11.5 Å². The van der Waals surface area contributed by atoms with Gasteiger partial charge in [0, 0.05) is 46.1 Å². The minimum atomic E-state index is -1.49. The fourth-order valence-corrected chi connectivity index (χ4v) is 6.57. The highest BCUT2D eigenvalue weighted by Gasteiger charge is 2.47. The Morgan fingerprint density at radius 1 is 0.548 bits per heavy atom. The monoisotopic (exact) mass is 620 g/mol. The van der Waals surface area contributed by atoms with Gasteiger partial charge in [0.05, 0.1) is 4.58 Å². The third kappa shape index (κ3) is 13.0. The molecule has 2 rings (SSSR count). The lowest BCUT2D eigenvalue weighted by molar-refractivity contribution is -0.201. The zero-order valence-electron chi connectivity index (χ0n) is 24.2. The average Bonchev–Trinajstić information content (AvgIpc) is 2.92. The maximum Gasteiger partial charge on any atom is 0.303 e. The van der Waals surface area contributed by atoms with Gasteiger partial charge in [0.1, 0.15) is 6.61 Å². The maximum atomic E-state index is 12.5. The molecule has 12 heteroatoms. The van der Waals surface area contributed by atoms with Gasteiger partial charge in [0.15, 0.2) is 24.4 Å². The van der Waals surface area contributed by atoms with Crippen LogP contribution in [0.5, 0.6) is 0 Å². The van der Waals surface area contributed by atoms with Gasteiger partial charge in [-0.05, 0) is 11.1 Å². The van der Waals surface area contributed by atoms with Crippen molar-refractivity contribution in [3.63, 3.8) is 0 Å². The van der Waals surface area contributed by atoms with E-state index in [4.69, 9.17) is 23.7 Å².